The lowest BCUT2D eigenvalue weighted by Crippen LogP contribution is -2.23. The van der Waals surface area contributed by atoms with Crippen molar-refractivity contribution < 1.29 is 0 Å². The van der Waals surface area contributed by atoms with E-state index in [0.29, 0.717) is 0 Å². The molecule has 0 radical (unpaired) electrons. The van der Waals surface area contributed by atoms with Crippen molar-refractivity contribution in [2.75, 3.05) is 0 Å². The molecule has 0 bridgehead atoms. The number of rotatable bonds is 0. The monoisotopic (exact) mass is 287 g/mol. The van der Waals surface area contributed by atoms with Gasteiger partial charge in [0.1, 0.15) is 5.56 Å². The zero-order chi connectivity index (χ0) is 16.6. The smallest absolute Gasteiger partial charge is 0.337 e. The van der Waals surface area contributed by atoms with Gasteiger partial charge in [-0.05, 0) is 32.9 Å². The Kier molecular flexibility index (Phi) is 4.49. The summed E-state index contributed by atoms with van der Waals surface area (Å²) in [5.41, 5.74) is 4.36. The molecule has 1 aromatic rings. The predicted octanol–water partition coefficient (Wildman–Crippen LogP) is 5.76. The molecule has 2 heteroatoms. The van der Waals surface area contributed by atoms with E-state index >= 15 is 0 Å². The van der Waals surface area contributed by atoms with Crippen molar-refractivity contribution in [1.29, 1.82) is 0 Å². The lowest BCUT2D eigenvalue weighted by Gasteiger charge is -2.30. The standard InChI is InChI=1S/C19H29NO/c1-17(2,3)13-10-15(18(4,5)6)14(12-20-21)16(11-13)19(7,8)9/h10-11H,1-9H3. The van der Waals surface area contributed by atoms with E-state index in [4.69, 9.17) is 0 Å². The molecule has 1 rings (SSSR count). The normalized spacial score (nSPS) is 12.8. The highest BCUT2D eigenvalue weighted by Gasteiger charge is 2.30. The summed E-state index contributed by atoms with van der Waals surface area (Å²) in [7, 11) is 0. The summed E-state index contributed by atoms with van der Waals surface area (Å²) in [5, 5.41) is 13.8. The third-order valence-electron chi connectivity index (χ3n) is 3.78. The van der Waals surface area contributed by atoms with Gasteiger partial charge in [-0.1, -0.05) is 74.4 Å². The van der Waals surface area contributed by atoms with Crippen LogP contribution in [0.5, 0.6) is 0 Å². The molecule has 0 saturated carbocycles. The molecule has 0 unspecified atom stereocenters. The van der Waals surface area contributed by atoms with E-state index in [-0.39, 0.29) is 16.2 Å². The van der Waals surface area contributed by atoms with Crippen molar-refractivity contribution in [3.05, 3.63) is 44.6 Å². The van der Waals surface area contributed by atoms with Crippen LogP contribution in [-0.2, 0) is 16.2 Å². The number of benzene rings is 1. The zero-order valence-corrected chi connectivity index (χ0v) is 15.0. The molecule has 0 amide bonds. The second-order valence-corrected chi connectivity index (χ2v) is 8.90. The molecule has 0 aromatic heterocycles. The van der Waals surface area contributed by atoms with Gasteiger partial charge in [0.05, 0.1) is 0 Å². The minimum absolute atomic E-state index is 0.0612. The van der Waals surface area contributed by atoms with Crippen LogP contribution < -0.4 is 0 Å². The molecule has 21 heavy (non-hydrogen) atoms. The molecular weight excluding hydrogens is 258 g/mol. The highest BCUT2D eigenvalue weighted by molar-refractivity contribution is 5.54. The maximum Gasteiger partial charge on any atom is 0.337 e. The Morgan fingerprint density at radius 2 is 1.14 bits per heavy atom. The Morgan fingerprint density at radius 1 is 0.762 bits per heavy atom. The largest absolute Gasteiger partial charge is 0.498 e. The van der Waals surface area contributed by atoms with Crippen LogP contribution in [0.1, 0.15) is 84.6 Å². The average Bonchev–Trinajstić information content (AvgIpc) is 2.24. The fourth-order valence-corrected chi connectivity index (χ4v) is 2.42. The number of hydrogen-bond donors (Lipinski definition) is 0. The molecule has 0 atom stereocenters. The first kappa shape index (κ1) is 17.6. The molecule has 0 aliphatic heterocycles. The van der Waals surface area contributed by atoms with Gasteiger partial charge < -0.3 is 5.21 Å². The summed E-state index contributed by atoms with van der Waals surface area (Å²) >= 11 is 0. The van der Waals surface area contributed by atoms with Crippen molar-refractivity contribution in [1.82, 2.24) is 0 Å². The Morgan fingerprint density at radius 3 is 1.38 bits per heavy atom. The van der Waals surface area contributed by atoms with Crippen LogP contribution >= 0.6 is 0 Å². The average molecular weight is 287 g/mol. The van der Waals surface area contributed by atoms with E-state index in [2.05, 4.69) is 85.5 Å². The molecule has 0 fully saturated rings. The predicted molar refractivity (Wildman–Crippen MR) is 92.3 cm³/mol. The van der Waals surface area contributed by atoms with Crippen LogP contribution in [0.15, 0.2) is 12.1 Å². The molecule has 0 aliphatic rings. The number of hydrogen-bond acceptors (Lipinski definition) is 1. The van der Waals surface area contributed by atoms with E-state index in [0.717, 1.165) is 16.7 Å². The Hall–Kier alpha value is -1.49. The topological polar surface area (TPSA) is 27.4 Å². The summed E-state index contributed by atoms with van der Waals surface area (Å²) in [6, 6.07) is 7.13. The second-order valence-electron chi connectivity index (χ2n) is 8.90. The van der Waals surface area contributed by atoms with Crippen molar-refractivity contribution in [2.24, 2.45) is 0 Å². The maximum atomic E-state index is 10.9. The Labute approximate surface area is 130 Å². The minimum atomic E-state index is -0.0612. The van der Waals surface area contributed by atoms with E-state index in [1.807, 2.05) is 0 Å². The fourth-order valence-electron chi connectivity index (χ4n) is 2.42. The van der Waals surface area contributed by atoms with Gasteiger partial charge in [-0.3, -0.25) is 0 Å². The van der Waals surface area contributed by atoms with Crippen LogP contribution in [0, 0.1) is 11.3 Å². The van der Waals surface area contributed by atoms with Gasteiger partial charge in [0.15, 0.2) is 0 Å². The van der Waals surface area contributed by atoms with E-state index in [9.17, 15) is 5.21 Å². The maximum absolute atomic E-state index is 10.9. The van der Waals surface area contributed by atoms with Gasteiger partial charge in [0.2, 0.25) is 0 Å². The highest BCUT2D eigenvalue weighted by atomic mass is 16.4. The number of nitrogens with zero attached hydrogens (tertiary/aromatic N) is 1. The van der Waals surface area contributed by atoms with Crippen molar-refractivity contribution >= 4 is 0 Å². The SMILES string of the molecule is CC(C)(C)c1cc(C(C)(C)C)c(C#[N+][O-])c(C(C)(C)C)c1. The van der Waals surface area contributed by atoms with Crippen LogP contribution in [-0.4, -0.2) is 0 Å². The van der Waals surface area contributed by atoms with Crippen molar-refractivity contribution in [3.63, 3.8) is 0 Å². The van der Waals surface area contributed by atoms with Crippen molar-refractivity contribution in [3.8, 4) is 6.07 Å². The molecule has 116 valence electrons. The summed E-state index contributed by atoms with van der Waals surface area (Å²) in [6.45, 7) is 19.6. The lowest BCUT2D eigenvalue weighted by atomic mass is 9.72. The fraction of sp³-hybridized carbons (Fsp3) is 0.632. The molecule has 0 aliphatic carbocycles. The Balaban J connectivity index is 3.87. The first-order valence-corrected chi connectivity index (χ1v) is 7.56. The van der Waals surface area contributed by atoms with Gasteiger partial charge >= 0.3 is 6.07 Å². The first-order valence-electron chi connectivity index (χ1n) is 7.56. The van der Waals surface area contributed by atoms with Crippen LogP contribution in [0.2, 0.25) is 0 Å². The molecule has 0 N–H and O–H groups in total. The molecule has 1 aromatic carbocycles. The molecule has 0 saturated heterocycles. The van der Waals surface area contributed by atoms with Crippen LogP contribution in [0.3, 0.4) is 0 Å². The summed E-state index contributed by atoms with van der Waals surface area (Å²) < 4.78 is 0. The van der Waals surface area contributed by atoms with Gasteiger partial charge in [-0.15, -0.1) is 0 Å². The summed E-state index contributed by atoms with van der Waals surface area (Å²) in [4.78, 5) is 0. The van der Waals surface area contributed by atoms with Crippen molar-refractivity contribution in [2.45, 2.75) is 78.6 Å². The third-order valence-corrected chi connectivity index (χ3v) is 3.78. The Bertz CT molecular complexity index is 546. The first-order chi connectivity index (χ1) is 9.28. The van der Waals surface area contributed by atoms with Crippen LogP contribution in [0.25, 0.3) is 5.01 Å². The zero-order valence-electron chi connectivity index (χ0n) is 15.0. The van der Waals surface area contributed by atoms with E-state index in [1.54, 1.807) is 0 Å². The van der Waals surface area contributed by atoms with Gasteiger partial charge in [0.25, 0.3) is 0 Å². The van der Waals surface area contributed by atoms with E-state index in [1.165, 1.54) is 5.56 Å². The van der Waals surface area contributed by atoms with Gasteiger partial charge in [-0.25, -0.2) is 0 Å². The van der Waals surface area contributed by atoms with Gasteiger partial charge in [0, 0.05) is 5.01 Å². The molecule has 0 heterocycles. The molecular formula is C19H29NO. The van der Waals surface area contributed by atoms with Gasteiger partial charge in [-0.2, -0.15) is 0 Å². The lowest BCUT2D eigenvalue weighted by molar-refractivity contribution is 0.546. The van der Waals surface area contributed by atoms with Crippen LogP contribution in [0.4, 0.5) is 0 Å². The summed E-state index contributed by atoms with van der Waals surface area (Å²) in [5.74, 6) is 0. The third kappa shape index (κ3) is 4.00. The second kappa shape index (κ2) is 5.37. The highest BCUT2D eigenvalue weighted by Crippen LogP contribution is 2.37. The minimum Gasteiger partial charge on any atom is -0.498 e. The summed E-state index contributed by atoms with van der Waals surface area (Å²) in [6.07, 6.45) is 0. The molecule has 0 spiro atoms. The molecule has 2 nitrogen and oxygen atoms in total. The van der Waals surface area contributed by atoms with E-state index < -0.39 is 0 Å². The quantitative estimate of drug-likeness (QED) is 0.557.